The van der Waals surface area contributed by atoms with Gasteiger partial charge >= 0.3 is 0 Å². The summed E-state index contributed by atoms with van der Waals surface area (Å²) in [4.78, 5) is 12.8. The van der Waals surface area contributed by atoms with Gasteiger partial charge in [0.25, 0.3) is 15.9 Å². The molecule has 3 aromatic carbocycles. The summed E-state index contributed by atoms with van der Waals surface area (Å²) in [7, 11) is -7.62. The molecular weight excluding hydrogens is 549 g/mol. The second-order valence-corrected chi connectivity index (χ2v) is 12.5. The number of hydrogen-bond acceptors (Lipinski definition) is 6. The van der Waals surface area contributed by atoms with Crippen molar-refractivity contribution < 1.29 is 26.4 Å². The molecule has 36 heavy (non-hydrogen) atoms. The third kappa shape index (κ3) is 5.70. The van der Waals surface area contributed by atoms with Crippen molar-refractivity contribution >= 4 is 66.2 Å². The molecule has 4 rings (SSSR count). The maximum atomic E-state index is 12.9. The summed E-state index contributed by atoms with van der Waals surface area (Å²) in [6, 6.07) is 14.8. The van der Waals surface area contributed by atoms with E-state index >= 15 is 0 Å². The fourth-order valence-corrected chi connectivity index (χ4v) is 5.79. The van der Waals surface area contributed by atoms with Crippen molar-refractivity contribution in [1.29, 1.82) is 0 Å². The third-order valence-electron chi connectivity index (χ3n) is 5.34. The average Bonchev–Trinajstić information content (AvgIpc) is 2.80. The number of hydrogen-bond donors (Lipinski definition) is 2. The zero-order chi connectivity index (χ0) is 26.3. The number of halogens is 2. The predicted molar refractivity (Wildman–Crippen MR) is 140 cm³/mol. The standard InChI is InChI=1S/C23H21Cl2N3O6S2/c1-14-3-5-17(12-19(14)25)27-36(32,33)18-8-6-16(7-9-18)26-23(29)22-13-28(35(2,30)31)20-11-15(24)4-10-21(20)34-22/h3-12,22,27H,13H2,1-2H3,(H,26,29)/t22-/m1/s1. The number of nitrogens with zero attached hydrogens (tertiary/aromatic N) is 1. The summed E-state index contributed by atoms with van der Waals surface area (Å²) >= 11 is 12.1. The SMILES string of the molecule is Cc1ccc(NS(=O)(=O)c2ccc(NC(=O)[C@H]3CN(S(C)(=O)=O)c4cc(Cl)ccc4O3)cc2)cc1Cl. The summed E-state index contributed by atoms with van der Waals surface area (Å²) in [6.45, 7) is 1.55. The first-order chi connectivity index (χ1) is 16.8. The highest BCUT2D eigenvalue weighted by Gasteiger charge is 2.35. The molecule has 1 amide bonds. The van der Waals surface area contributed by atoms with Crippen molar-refractivity contribution in [3.05, 3.63) is 76.3 Å². The van der Waals surface area contributed by atoms with Gasteiger partial charge in [-0.25, -0.2) is 16.8 Å². The van der Waals surface area contributed by atoms with Gasteiger partial charge in [0.05, 0.1) is 29.1 Å². The summed E-state index contributed by atoms with van der Waals surface area (Å²) in [5.74, 6) is -0.410. The van der Waals surface area contributed by atoms with E-state index in [1.54, 1.807) is 19.1 Å². The number of sulfonamides is 2. The summed E-state index contributed by atoms with van der Waals surface area (Å²) < 4.78 is 59.3. The number of anilines is 3. The lowest BCUT2D eigenvalue weighted by atomic mass is 10.2. The first-order valence-corrected chi connectivity index (χ1v) is 14.6. The molecule has 0 saturated heterocycles. The first-order valence-electron chi connectivity index (χ1n) is 10.5. The molecular formula is C23H21Cl2N3O6S2. The molecule has 0 fully saturated rings. The molecule has 0 aliphatic carbocycles. The lowest BCUT2D eigenvalue weighted by Crippen LogP contribution is -2.48. The van der Waals surface area contributed by atoms with Gasteiger partial charge in [0.15, 0.2) is 6.10 Å². The van der Waals surface area contributed by atoms with Gasteiger partial charge in [-0.05, 0) is 67.1 Å². The van der Waals surface area contributed by atoms with Crippen LogP contribution in [0.3, 0.4) is 0 Å². The van der Waals surface area contributed by atoms with Crippen molar-refractivity contribution in [3.63, 3.8) is 0 Å². The molecule has 9 nitrogen and oxygen atoms in total. The van der Waals surface area contributed by atoms with Crippen LogP contribution in [0.1, 0.15) is 5.56 Å². The lowest BCUT2D eigenvalue weighted by Gasteiger charge is -2.34. The van der Waals surface area contributed by atoms with Crippen molar-refractivity contribution in [2.45, 2.75) is 17.9 Å². The Morgan fingerprint density at radius 3 is 2.28 bits per heavy atom. The van der Waals surface area contributed by atoms with Gasteiger partial charge in [-0.3, -0.25) is 13.8 Å². The Morgan fingerprint density at radius 1 is 0.972 bits per heavy atom. The van der Waals surface area contributed by atoms with Crippen molar-refractivity contribution in [3.8, 4) is 5.75 Å². The first kappa shape index (κ1) is 26.1. The van der Waals surface area contributed by atoms with Gasteiger partial charge in [-0.2, -0.15) is 0 Å². The minimum absolute atomic E-state index is 0.0276. The predicted octanol–water partition coefficient (Wildman–Crippen LogP) is 4.27. The Balaban J connectivity index is 1.48. The highest BCUT2D eigenvalue weighted by Crippen LogP contribution is 2.37. The maximum Gasteiger partial charge on any atom is 0.267 e. The van der Waals surface area contributed by atoms with E-state index in [1.165, 1.54) is 48.5 Å². The number of amides is 1. The Kier molecular flexibility index (Phi) is 7.11. The third-order valence-corrected chi connectivity index (χ3v) is 8.53. The molecule has 1 aliphatic heterocycles. The topological polar surface area (TPSA) is 122 Å². The highest BCUT2D eigenvalue weighted by molar-refractivity contribution is 7.92. The number of aryl methyl sites for hydroxylation is 1. The van der Waals surface area contributed by atoms with Gasteiger partial charge in [-0.15, -0.1) is 0 Å². The molecule has 0 saturated carbocycles. The average molecular weight is 570 g/mol. The molecule has 1 atom stereocenters. The monoisotopic (exact) mass is 569 g/mol. The Labute approximate surface area is 219 Å². The van der Waals surface area contributed by atoms with Crippen LogP contribution in [-0.4, -0.2) is 41.6 Å². The fourth-order valence-electron chi connectivity index (χ4n) is 3.49. The molecule has 0 radical (unpaired) electrons. The van der Waals surface area contributed by atoms with Crippen LogP contribution in [0.2, 0.25) is 10.0 Å². The molecule has 1 heterocycles. The lowest BCUT2D eigenvalue weighted by molar-refractivity contribution is -0.122. The molecule has 0 spiro atoms. The van der Waals surface area contributed by atoms with Gasteiger partial charge in [0, 0.05) is 15.7 Å². The largest absolute Gasteiger partial charge is 0.476 e. The number of fused-ring (bicyclic) bond motifs is 1. The van der Waals surface area contributed by atoms with Crippen molar-refractivity contribution in [2.75, 3.05) is 27.1 Å². The smallest absolute Gasteiger partial charge is 0.267 e. The maximum absolute atomic E-state index is 12.9. The zero-order valence-electron chi connectivity index (χ0n) is 19.0. The summed E-state index contributed by atoms with van der Waals surface area (Å²) in [6.07, 6.45) is -0.125. The fraction of sp³-hybridized carbons (Fsp3) is 0.174. The van der Waals surface area contributed by atoms with Crippen LogP contribution >= 0.6 is 23.2 Å². The van der Waals surface area contributed by atoms with Gasteiger partial charge in [-0.1, -0.05) is 29.3 Å². The number of ether oxygens (including phenoxy) is 1. The Hall–Kier alpha value is -2.99. The van der Waals surface area contributed by atoms with Gasteiger partial charge < -0.3 is 10.1 Å². The molecule has 13 heteroatoms. The molecule has 0 unspecified atom stereocenters. The second kappa shape index (κ2) is 9.81. The number of rotatable bonds is 6. The van der Waals surface area contributed by atoms with E-state index in [-0.39, 0.29) is 22.9 Å². The van der Waals surface area contributed by atoms with Gasteiger partial charge in [0.2, 0.25) is 10.0 Å². The normalized spacial score (nSPS) is 15.6. The van der Waals surface area contributed by atoms with Crippen LogP contribution in [0, 0.1) is 6.92 Å². The highest BCUT2D eigenvalue weighted by atomic mass is 35.5. The number of benzene rings is 3. The van der Waals surface area contributed by atoms with Crippen LogP contribution < -0.4 is 19.1 Å². The van der Waals surface area contributed by atoms with Crippen LogP contribution in [0.4, 0.5) is 17.1 Å². The number of nitrogens with one attached hydrogen (secondary N) is 2. The molecule has 0 aromatic heterocycles. The van der Waals surface area contributed by atoms with Crippen LogP contribution in [0.15, 0.2) is 65.6 Å². The molecule has 2 N–H and O–H groups in total. The van der Waals surface area contributed by atoms with Gasteiger partial charge in [0.1, 0.15) is 5.75 Å². The molecule has 3 aromatic rings. The number of carbonyl (C=O) groups excluding carboxylic acids is 1. The van der Waals surface area contributed by atoms with Crippen LogP contribution in [-0.2, 0) is 24.8 Å². The zero-order valence-corrected chi connectivity index (χ0v) is 22.2. The van der Waals surface area contributed by atoms with E-state index in [0.717, 1.165) is 16.1 Å². The van der Waals surface area contributed by atoms with E-state index in [2.05, 4.69) is 10.0 Å². The van der Waals surface area contributed by atoms with E-state index in [1.807, 2.05) is 0 Å². The van der Waals surface area contributed by atoms with E-state index in [0.29, 0.717) is 21.4 Å². The minimum atomic E-state index is -3.90. The molecule has 0 bridgehead atoms. The summed E-state index contributed by atoms with van der Waals surface area (Å²) in [5.41, 5.74) is 1.67. The second-order valence-electron chi connectivity index (χ2n) is 8.10. The van der Waals surface area contributed by atoms with Crippen LogP contribution in [0.25, 0.3) is 0 Å². The van der Waals surface area contributed by atoms with E-state index in [9.17, 15) is 21.6 Å². The minimum Gasteiger partial charge on any atom is -0.476 e. The van der Waals surface area contributed by atoms with Crippen molar-refractivity contribution in [2.24, 2.45) is 0 Å². The van der Waals surface area contributed by atoms with E-state index in [4.69, 9.17) is 27.9 Å². The van der Waals surface area contributed by atoms with Crippen molar-refractivity contribution in [1.82, 2.24) is 0 Å². The summed E-state index contributed by atoms with van der Waals surface area (Å²) in [5, 5.41) is 3.38. The van der Waals surface area contributed by atoms with Crippen LogP contribution in [0.5, 0.6) is 5.75 Å². The van der Waals surface area contributed by atoms with E-state index < -0.39 is 32.1 Å². The Morgan fingerprint density at radius 2 is 1.64 bits per heavy atom. The molecule has 190 valence electrons. The Bertz CT molecular complexity index is 1540. The molecule has 1 aliphatic rings. The number of carbonyl (C=O) groups is 1. The quantitative estimate of drug-likeness (QED) is 0.457.